The number of ether oxygens (including phenoxy) is 1. The number of nitrogens with one attached hydrogen (secondary N) is 1. The van der Waals surface area contributed by atoms with Crippen molar-refractivity contribution in [3.8, 4) is 5.75 Å². The second kappa shape index (κ2) is 7.05. The van der Waals surface area contributed by atoms with Gasteiger partial charge in [0.05, 0.1) is 24.2 Å². The molecular weight excluding hydrogens is 408 g/mol. The lowest BCUT2D eigenvalue weighted by molar-refractivity contribution is 0.102. The van der Waals surface area contributed by atoms with Gasteiger partial charge >= 0.3 is 0 Å². The molecule has 0 saturated carbocycles. The maximum Gasteiger partial charge on any atom is 0.255 e. The zero-order chi connectivity index (χ0) is 18.0. The van der Waals surface area contributed by atoms with Gasteiger partial charge < -0.3 is 10.1 Å². The summed E-state index contributed by atoms with van der Waals surface area (Å²) in [6.45, 7) is 0.454. The Labute approximate surface area is 155 Å². The van der Waals surface area contributed by atoms with Crippen LogP contribution in [-0.4, -0.2) is 33.7 Å². The number of anilines is 2. The second-order valence-electron chi connectivity index (χ2n) is 5.59. The molecule has 1 saturated heterocycles. The van der Waals surface area contributed by atoms with Crippen molar-refractivity contribution < 1.29 is 17.9 Å². The minimum absolute atomic E-state index is 0.150. The number of methoxy groups -OCH3 is 1. The van der Waals surface area contributed by atoms with Crippen molar-refractivity contribution in [2.75, 3.05) is 29.0 Å². The summed E-state index contributed by atoms with van der Waals surface area (Å²) in [5.41, 5.74) is 1.53. The SMILES string of the molecule is COc1cc(N2CCCS2(=O)=O)ccc1NC(=O)c1ccc(Br)cc1. The van der Waals surface area contributed by atoms with Crippen LogP contribution in [0.15, 0.2) is 46.9 Å². The summed E-state index contributed by atoms with van der Waals surface area (Å²) in [7, 11) is -1.78. The van der Waals surface area contributed by atoms with Gasteiger partial charge in [0.2, 0.25) is 10.0 Å². The Morgan fingerprint density at radius 2 is 1.92 bits per heavy atom. The molecule has 25 heavy (non-hydrogen) atoms. The summed E-state index contributed by atoms with van der Waals surface area (Å²) in [5.74, 6) is 0.287. The molecular formula is C17H17BrN2O4S. The van der Waals surface area contributed by atoms with E-state index < -0.39 is 10.0 Å². The highest BCUT2D eigenvalue weighted by atomic mass is 79.9. The molecule has 1 heterocycles. The van der Waals surface area contributed by atoms with Crippen molar-refractivity contribution >= 4 is 43.2 Å². The summed E-state index contributed by atoms with van der Waals surface area (Å²) in [5, 5.41) is 2.79. The van der Waals surface area contributed by atoms with Crippen LogP contribution in [0.3, 0.4) is 0 Å². The van der Waals surface area contributed by atoms with Crippen molar-refractivity contribution in [3.05, 3.63) is 52.5 Å². The van der Waals surface area contributed by atoms with Crippen LogP contribution in [0, 0.1) is 0 Å². The standard InChI is InChI=1S/C17H17BrN2O4S/c1-24-16-11-14(20-9-2-10-25(20,22)23)7-8-15(16)19-17(21)12-3-5-13(18)6-4-12/h3-8,11H,2,9-10H2,1H3,(H,19,21). The van der Waals surface area contributed by atoms with Crippen molar-refractivity contribution in [1.29, 1.82) is 0 Å². The van der Waals surface area contributed by atoms with E-state index in [-0.39, 0.29) is 11.7 Å². The molecule has 1 amide bonds. The highest BCUT2D eigenvalue weighted by Crippen LogP contribution is 2.33. The number of hydrogen-bond donors (Lipinski definition) is 1. The lowest BCUT2D eigenvalue weighted by Crippen LogP contribution is -2.25. The Morgan fingerprint density at radius 1 is 1.20 bits per heavy atom. The number of halogens is 1. The van der Waals surface area contributed by atoms with Gasteiger partial charge in [-0.05, 0) is 42.8 Å². The van der Waals surface area contributed by atoms with Gasteiger partial charge in [-0.15, -0.1) is 0 Å². The molecule has 0 aromatic heterocycles. The smallest absolute Gasteiger partial charge is 0.255 e. The zero-order valence-electron chi connectivity index (χ0n) is 13.5. The van der Waals surface area contributed by atoms with Crippen LogP contribution in [0.2, 0.25) is 0 Å². The lowest BCUT2D eigenvalue weighted by atomic mass is 10.2. The fraction of sp³-hybridized carbons (Fsp3) is 0.235. The average molecular weight is 425 g/mol. The Morgan fingerprint density at radius 3 is 2.52 bits per heavy atom. The van der Waals surface area contributed by atoms with Gasteiger partial charge in [-0.2, -0.15) is 0 Å². The quantitative estimate of drug-likeness (QED) is 0.816. The van der Waals surface area contributed by atoms with Crippen LogP contribution in [-0.2, 0) is 10.0 Å². The maximum absolute atomic E-state index is 12.3. The molecule has 0 radical (unpaired) electrons. The number of carbonyl (C=O) groups is 1. The van der Waals surface area contributed by atoms with Gasteiger partial charge in [0.25, 0.3) is 5.91 Å². The van der Waals surface area contributed by atoms with Crippen LogP contribution in [0.5, 0.6) is 5.75 Å². The van der Waals surface area contributed by atoms with Crippen LogP contribution in [0.25, 0.3) is 0 Å². The monoisotopic (exact) mass is 424 g/mol. The fourth-order valence-electron chi connectivity index (χ4n) is 2.66. The van der Waals surface area contributed by atoms with E-state index in [1.165, 1.54) is 11.4 Å². The van der Waals surface area contributed by atoms with Crippen molar-refractivity contribution in [2.24, 2.45) is 0 Å². The molecule has 132 valence electrons. The summed E-state index contributed by atoms with van der Waals surface area (Å²) in [6, 6.07) is 11.9. The van der Waals surface area contributed by atoms with Gasteiger partial charge in [-0.3, -0.25) is 9.10 Å². The minimum Gasteiger partial charge on any atom is -0.494 e. The van der Waals surface area contributed by atoms with E-state index in [0.29, 0.717) is 35.7 Å². The molecule has 6 nitrogen and oxygen atoms in total. The molecule has 0 spiro atoms. The normalized spacial score (nSPS) is 15.8. The van der Waals surface area contributed by atoms with Crippen molar-refractivity contribution in [1.82, 2.24) is 0 Å². The molecule has 3 rings (SSSR count). The highest BCUT2D eigenvalue weighted by molar-refractivity contribution is 9.10. The molecule has 1 aliphatic heterocycles. The number of hydrogen-bond acceptors (Lipinski definition) is 4. The fourth-order valence-corrected chi connectivity index (χ4v) is 4.48. The molecule has 2 aromatic carbocycles. The third kappa shape index (κ3) is 3.80. The minimum atomic E-state index is -3.26. The van der Waals surface area contributed by atoms with Gasteiger partial charge in [0.15, 0.2) is 0 Å². The molecule has 0 bridgehead atoms. The number of amides is 1. The van der Waals surface area contributed by atoms with Crippen LogP contribution < -0.4 is 14.4 Å². The summed E-state index contributed by atoms with van der Waals surface area (Å²) in [4.78, 5) is 12.3. The third-order valence-corrected chi connectivity index (χ3v) is 6.33. The number of carbonyl (C=O) groups excluding carboxylic acids is 1. The van der Waals surface area contributed by atoms with Crippen molar-refractivity contribution in [2.45, 2.75) is 6.42 Å². The predicted molar refractivity (Wildman–Crippen MR) is 101 cm³/mol. The predicted octanol–water partition coefficient (Wildman–Crippen LogP) is 3.25. The van der Waals surface area contributed by atoms with Crippen molar-refractivity contribution in [3.63, 3.8) is 0 Å². The van der Waals surface area contributed by atoms with Crippen LogP contribution in [0.1, 0.15) is 16.8 Å². The Hall–Kier alpha value is -2.06. The first kappa shape index (κ1) is 17.8. The topological polar surface area (TPSA) is 75.7 Å². The maximum atomic E-state index is 12.3. The molecule has 2 aromatic rings. The summed E-state index contributed by atoms with van der Waals surface area (Å²) < 4.78 is 31.7. The third-order valence-electron chi connectivity index (χ3n) is 3.93. The highest BCUT2D eigenvalue weighted by Gasteiger charge is 2.29. The van der Waals surface area contributed by atoms with E-state index in [0.717, 1.165) is 4.47 Å². The molecule has 1 N–H and O–H groups in total. The van der Waals surface area contributed by atoms with Gasteiger partial charge in [-0.1, -0.05) is 15.9 Å². The number of rotatable bonds is 4. The van der Waals surface area contributed by atoms with Crippen LogP contribution >= 0.6 is 15.9 Å². The van der Waals surface area contributed by atoms with E-state index in [1.807, 2.05) is 0 Å². The van der Waals surface area contributed by atoms with Crippen LogP contribution in [0.4, 0.5) is 11.4 Å². The number of benzene rings is 2. The van der Waals surface area contributed by atoms with E-state index in [2.05, 4.69) is 21.2 Å². The zero-order valence-corrected chi connectivity index (χ0v) is 15.9. The van der Waals surface area contributed by atoms with Gasteiger partial charge in [-0.25, -0.2) is 8.42 Å². The molecule has 0 atom stereocenters. The molecule has 0 aliphatic carbocycles. The largest absolute Gasteiger partial charge is 0.494 e. The Bertz CT molecular complexity index is 897. The summed E-state index contributed by atoms with van der Waals surface area (Å²) >= 11 is 3.33. The number of sulfonamides is 1. The first-order valence-electron chi connectivity index (χ1n) is 7.66. The second-order valence-corrected chi connectivity index (χ2v) is 8.52. The first-order chi connectivity index (χ1) is 11.9. The number of nitrogens with zero attached hydrogens (tertiary/aromatic N) is 1. The average Bonchev–Trinajstić information content (AvgIpc) is 2.95. The molecule has 8 heteroatoms. The Kier molecular flexibility index (Phi) is 5.01. The molecule has 1 aliphatic rings. The van der Waals surface area contributed by atoms with E-state index in [9.17, 15) is 13.2 Å². The van der Waals surface area contributed by atoms with E-state index >= 15 is 0 Å². The summed E-state index contributed by atoms with van der Waals surface area (Å²) in [6.07, 6.45) is 0.604. The lowest BCUT2D eigenvalue weighted by Gasteiger charge is -2.19. The van der Waals surface area contributed by atoms with Gasteiger partial charge in [0, 0.05) is 22.6 Å². The Balaban J connectivity index is 1.85. The van der Waals surface area contributed by atoms with E-state index in [1.54, 1.807) is 42.5 Å². The first-order valence-corrected chi connectivity index (χ1v) is 10.1. The van der Waals surface area contributed by atoms with Gasteiger partial charge in [0.1, 0.15) is 5.75 Å². The van der Waals surface area contributed by atoms with E-state index in [4.69, 9.17) is 4.74 Å². The molecule has 0 unspecified atom stereocenters. The molecule has 1 fully saturated rings.